The summed E-state index contributed by atoms with van der Waals surface area (Å²) in [7, 11) is 2.16. The van der Waals surface area contributed by atoms with Gasteiger partial charge in [-0.25, -0.2) is 9.18 Å². The third kappa shape index (κ3) is 6.05. The lowest BCUT2D eigenvalue weighted by Crippen LogP contribution is -2.55. The first-order valence-electron chi connectivity index (χ1n) is 12.0. The van der Waals surface area contributed by atoms with E-state index < -0.39 is 0 Å². The summed E-state index contributed by atoms with van der Waals surface area (Å²) in [5, 5.41) is 3.13. The third-order valence-corrected chi connectivity index (χ3v) is 6.82. The average Bonchev–Trinajstić information content (AvgIpc) is 3.56. The zero-order chi connectivity index (χ0) is 23.4. The predicted octanol–water partition coefficient (Wildman–Crippen LogP) is 5.06. The molecule has 0 aromatic heterocycles. The molecule has 2 aliphatic rings. The van der Waals surface area contributed by atoms with Crippen molar-refractivity contribution in [1.82, 2.24) is 15.1 Å². The lowest BCUT2D eigenvalue weighted by molar-refractivity contribution is 0.0676. The summed E-state index contributed by atoms with van der Waals surface area (Å²) in [6.45, 7) is 7.90. The molecule has 1 spiro atoms. The van der Waals surface area contributed by atoms with E-state index in [1.54, 1.807) is 12.1 Å². The largest absolute Gasteiger partial charge is 0.493 e. The van der Waals surface area contributed by atoms with Crippen LogP contribution in [0.15, 0.2) is 48.5 Å². The molecule has 33 heavy (non-hydrogen) atoms. The highest BCUT2D eigenvalue weighted by Gasteiger charge is 2.54. The molecule has 1 saturated heterocycles. The second kappa shape index (κ2) is 10.1. The molecule has 1 N–H and O–H groups in total. The lowest BCUT2D eigenvalue weighted by Gasteiger charge is -2.43. The van der Waals surface area contributed by atoms with E-state index in [0.717, 1.165) is 49.2 Å². The van der Waals surface area contributed by atoms with Gasteiger partial charge in [-0.2, -0.15) is 0 Å². The van der Waals surface area contributed by atoms with Crippen LogP contribution in [-0.2, 0) is 13.1 Å². The number of hydrogen-bond donors (Lipinski definition) is 1. The van der Waals surface area contributed by atoms with Crippen LogP contribution < -0.4 is 10.1 Å². The average molecular weight is 454 g/mol. The van der Waals surface area contributed by atoms with Crippen LogP contribution in [-0.4, -0.2) is 48.6 Å². The second-order valence-corrected chi connectivity index (χ2v) is 10.2. The number of hydrogen-bond acceptors (Lipinski definition) is 3. The van der Waals surface area contributed by atoms with Crippen LogP contribution in [0.25, 0.3) is 0 Å². The molecule has 2 aromatic carbocycles. The Morgan fingerprint density at radius 2 is 1.82 bits per heavy atom. The van der Waals surface area contributed by atoms with E-state index in [1.165, 1.54) is 12.1 Å². The van der Waals surface area contributed by atoms with Crippen LogP contribution in [0, 0.1) is 17.2 Å². The zero-order valence-corrected chi connectivity index (χ0v) is 20.0. The highest BCUT2D eigenvalue weighted by atomic mass is 19.1. The van der Waals surface area contributed by atoms with Crippen molar-refractivity contribution in [1.29, 1.82) is 0 Å². The van der Waals surface area contributed by atoms with Gasteiger partial charge in [-0.15, -0.1) is 0 Å². The van der Waals surface area contributed by atoms with Crippen molar-refractivity contribution in [2.75, 3.05) is 26.7 Å². The maximum Gasteiger partial charge on any atom is 0.318 e. The predicted molar refractivity (Wildman–Crippen MR) is 129 cm³/mol. The smallest absolute Gasteiger partial charge is 0.318 e. The first-order valence-corrected chi connectivity index (χ1v) is 12.0. The molecule has 1 saturated carbocycles. The zero-order valence-electron chi connectivity index (χ0n) is 20.0. The van der Waals surface area contributed by atoms with Crippen molar-refractivity contribution in [3.05, 3.63) is 65.5 Å². The standard InChI is InChI=1S/C27H36FN3O2/c1-20(2)18-33-24-10-6-21(7-11-24)16-29-26(32)31(17-22-4-8-23(28)9-5-22)25-12-15-30(3)19-27(25)13-14-27/h4-11,20,25H,12-19H2,1-3H3,(H,29,32)/t25-/m0/s1. The fraction of sp³-hybridized carbons (Fsp3) is 0.519. The number of piperidine rings is 1. The quantitative estimate of drug-likeness (QED) is 0.608. The van der Waals surface area contributed by atoms with Crippen molar-refractivity contribution in [2.24, 2.45) is 11.3 Å². The van der Waals surface area contributed by atoms with Gasteiger partial charge in [0.25, 0.3) is 0 Å². The topological polar surface area (TPSA) is 44.8 Å². The second-order valence-electron chi connectivity index (χ2n) is 10.2. The molecule has 2 fully saturated rings. The molecule has 1 heterocycles. The minimum absolute atomic E-state index is 0.0553. The Labute approximate surface area is 196 Å². The number of urea groups is 1. The number of rotatable bonds is 8. The lowest BCUT2D eigenvalue weighted by atomic mass is 9.87. The van der Waals surface area contributed by atoms with E-state index in [9.17, 15) is 9.18 Å². The number of amides is 2. The van der Waals surface area contributed by atoms with Gasteiger partial charge in [0.15, 0.2) is 0 Å². The van der Waals surface area contributed by atoms with Gasteiger partial charge >= 0.3 is 6.03 Å². The molecule has 2 aromatic rings. The van der Waals surface area contributed by atoms with Gasteiger partial charge in [0.1, 0.15) is 11.6 Å². The maximum atomic E-state index is 13.4. The van der Waals surface area contributed by atoms with Crippen molar-refractivity contribution in [3.63, 3.8) is 0 Å². The highest BCUT2D eigenvalue weighted by Crippen LogP contribution is 2.54. The van der Waals surface area contributed by atoms with Gasteiger partial charge < -0.3 is 19.9 Å². The molecule has 4 rings (SSSR count). The van der Waals surface area contributed by atoms with E-state index in [2.05, 4.69) is 31.1 Å². The third-order valence-electron chi connectivity index (χ3n) is 6.82. The summed E-state index contributed by atoms with van der Waals surface area (Å²) in [5.41, 5.74) is 2.18. The SMILES string of the molecule is CC(C)COc1ccc(CNC(=O)N(Cc2ccc(F)cc2)[C@H]2CCN(C)CC23CC3)cc1. The summed E-state index contributed by atoms with van der Waals surface area (Å²) >= 11 is 0. The number of carbonyl (C=O) groups excluding carboxylic acids is 1. The number of nitrogens with one attached hydrogen (secondary N) is 1. The van der Waals surface area contributed by atoms with Crippen LogP contribution in [0.3, 0.4) is 0 Å². The molecule has 0 bridgehead atoms. The molecule has 6 heteroatoms. The normalized spacial score (nSPS) is 19.5. The van der Waals surface area contributed by atoms with E-state index >= 15 is 0 Å². The molecular weight excluding hydrogens is 417 g/mol. The molecule has 0 unspecified atom stereocenters. The van der Waals surface area contributed by atoms with Crippen molar-refractivity contribution >= 4 is 6.03 Å². The Balaban J connectivity index is 1.43. The number of ether oxygens (including phenoxy) is 1. The fourth-order valence-corrected chi connectivity index (χ4v) is 4.86. The van der Waals surface area contributed by atoms with Gasteiger partial charge in [0.05, 0.1) is 6.61 Å². The molecule has 1 atom stereocenters. The maximum absolute atomic E-state index is 13.4. The highest BCUT2D eigenvalue weighted by molar-refractivity contribution is 5.75. The summed E-state index contributed by atoms with van der Waals surface area (Å²) in [4.78, 5) is 17.8. The first-order chi connectivity index (χ1) is 15.8. The van der Waals surface area contributed by atoms with Crippen LogP contribution in [0.4, 0.5) is 9.18 Å². The van der Waals surface area contributed by atoms with E-state index in [1.807, 2.05) is 29.2 Å². The summed E-state index contributed by atoms with van der Waals surface area (Å²) < 4.78 is 19.2. The van der Waals surface area contributed by atoms with Crippen molar-refractivity contribution in [3.8, 4) is 5.75 Å². The number of halogens is 1. The Bertz CT molecular complexity index is 925. The van der Waals surface area contributed by atoms with Gasteiger partial charge in [-0.05, 0) is 74.2 Å². The van der Waals surface area contributed by atoms with E-state index in [-0.39, 0.29) is 23.3 Å². The van der Waals surface area contributed by atoms with Crippen LogP contribution in [0.5, 0.6) is 5.75 Å². The fourth-order valence-electron chi connectivity index (χ4n) is 4.86. The van der Waals surface area contributed by atoms with Gasteiger partial charge in [-0.3, -0.25) is 0 Å². The van der Waals surface area contributed by atoms with E-state index in [0.29, 0.717) is 25.6 Å². The Morgan fingerprint density at radius 1 is 1.15 bits per heavy atom. The molecular formula is C27H36FN3O2. The Hall–Kier alpha value is -2.60. The molecule has 2 amide bonds. The monoisotopic (exact) mass is 453 g/mol. The summed E-state index contributed by atoms with van der Waals surface area (Å²) in [6.07, 6.45) is 3.28. The van der Waals surface area contributed by atoms with Gasteiger partial charge in [-0.1, -0.05) is 38.1 Å². The van der Waals surface area contributed by atoms with E-state index in [4.69, 9.17) is 4.74 Å². The van der Waals surface area contributed by atoms with Gasteiger partial charge in [0.2, 0.25) is 0 Å². The minimum Gasteiger partial charge on any atom is -0.493 e. The van der Waals surface area contributed by atoms with Crippen LogP contribution in [0.2, 0.25) is 0 Å². The minimum atomic E-state index is -0.256. The Kier molecular flexibility index (Phi) is 7.23. The summed E-state index contributed by atoms with van der Waals surface area (Å²) in [5.74, 6) is 1.07. The number of nitrogens with zero attached hydrogens (tertiary/aromatic N) is 2. The van der Waals surface area contributed by atoms with Crippen LogP contribution in [0.1, 0.15) is 44.2 Å². The van der Waals surface area contributed by atoms with Crippen molar-refractivity contribution < 1.29 is 13.9 Å². The number of benzene rings is 2. The van der Waals surface area contributed by atoms with Gasteiger partial charge in [0, 0.05) is 31.1 Å². The molecule has 0 radical (unpaired) electrons. The first kappa shape index (κ1) is 23.6. The number of carbonyl (C=O) groups is 1. The molecule has 178 valence electrons. The number of likely N-dealkylation sites (tertiary alicyclic amines) is 1. The molecule has 1 aliphatic heterocycles. The molecule has 1 aliphatic carbocycles. The van der Waals surface area contributed by atoms with Crippen molar-refractivity contribution in [2.45, 2.75) is 52.2 Å². The van der Waals surface area contributed by atoms with Crippen LogP contribution >= 0.6 is 0 Å². The molecule has 5 nitrogen and oxygen atoms in total. The Morgan fingerprint density at radius 3 is 2.45 bits per heavy atom. The summed E-state index contributed by atoms with van der Waals surface area (Å²) in [6, 6.07) is 14.5.